The molecule has 20 heavy (non-hydrogen) atoms. The molecule has 104 valence electrons. The van der Waals surface area contributed by atoms with Gasteiger partial charge in [-0.15, -0.1) is 0 Å². The van der Waals surface area contributed by atoms with Crippen LogP contribution in [0, 0.1) is 6.92 Å². The number of aromatic amines is 1. The van der Waals surface area contributed by atoms with Crippen LogP contribution in [-0.4, -0.2) is 26.6 Å². The van der Waals surface area contributed by atoms with E-state index in [0.717, 1.165) is 45.1 Å². The number of H-pyrrole nitrogens is 1. The van der Waals surface area contributed by atoms with Gasteiger partial charge in [0.25, 0.3) is 0 Å². The Bertz CT molecular complexity index is 771. The minimum absolute atomic E-state index is 0.737. The van der Waals surface area contributed by atoms with Gasteiger partial charge < -0.3 is 14.9 Å². The number of rotatable bonds is 3. The highest BCUT2D eigenvalue weighted by atomic mass is 79.9. The molecular formula is C14H16BrN5. The standard InChI is InChI=1S/C14H16BrN5/c1-8-17-10-5-4-9(6-11(10)18-8)13-14(15)19-12(7-16-2)20(13)3/h4-6,16H,7H2,1-3H3,(H,17,18). The van der Waals surface area contributed by atoms with Gasteiger partial charge in [-0.1, -0.05) is 6.07 Å². The molecule has 1 aromatic carbocycles. The molecule has 0 aliphatic rings. The molecule has 5 nitrogen and oxygen atoms in total. The van der Waals surface area contributed by atoms with Crippen molar-refractivity contribution in [3.8, 4) is 11.3 Å². The molecule has 0 saturated heterocycles. The average Bonchev–Trinajstić information content (AvgIpc) is 2.89. The van der Waals surface area contributed by atoms with Crippen molar-refractivity contribution in [3.05, 3.63) is 34.5 Å². The molecule has 0 unspecified atom stereocenters. The van der Waals surface area contributed by atoms with E-state index in [9.17, 15) is 0 Å². The third-order valence-electron chi connectivity index (χ3n) is 3.35. The molecule has 0 aliphatic carbocycles. The molecule has 2 N–H and O–H groups in total. The highest BCUT2D eigenvalue weighted by Crippen LogP contribution is 2.30. The lowest BCUT2D eigenvalue weighted by Crippen LogP contribution is -2.10. The summed E-state index contributed by atoms with van der Waals surface area (Å²) in [5, 5.41) is 3.13. The third kappa shape index (κ3) is 2.14. The van der Waals surface area contributed by atoms with Crippen LogP contribution in [0.25, 0.3) is 22.3 Å². The van der Waals surface area contributed by atoms with Crippen LogP contribution < -0.4 is 5.32 Å². The fraction of sp³-hybridized carbons (Fsp3) is 0.286. The lowest BCUT2D eigenvalue weighted by Gasteiger charge is -2.06. The Balaban J connectivity index is 2.14. The van der Waals surface area contributed by atoms with E-state index in [0.29, 0.717) is 0 Å². The van der Waals surface area contributed by atoms with Crippen LogP contribution in [-0.2, 0) is 13.6 Å². The van der Waals surface area contributed by atoms with Gasteiger partial charge in [-0.05, 0) is 42.0 Å². The number of hydrogen-bond acceptors (Lipinski definition) is 3. The average molecular weight is 334 g/mol. The van der Waals surface area contributed by atoms with E-state index in [4.69, 9.17) is 0 Å². The van der Waals surface area contributed by atoms with Gasteiger partial charge >= 0.3 is 0 Å². The highest BCUT2D eigenvalue weighted by molar-refractivity contribution is 9.10. The Kier molecular flexibility index (Phi) is 3.35. The number of nitrogens with zero attached hydrogens (tertiary/aromatic N) is 3. The van der Waals surface area contributed by atoms with Crippen molar-refractivity contribution in [2.45, 2.75) is 13.5 Å². The molecule has 2 aromatic heterocycles. The summed E-state index contributed by atoms with van der Waals surface area (Å²) in [5.41, 5.74) is 4.22. The Labute approximate surface area is 125 Å². The molecule has 0 saturated carbocycles. The van der Waals surface area contributed by atoms with Gasteiger partial charge in [0.05, 0.1) is 23.3 Å². The van der Waals surface area contributed by atoms with Gasteiger partial charge in [-0.3, -0.25) is 0 Å². The molecular weight excluding hydrogens is 318 g/mol. The first-order valence-corrected chi connectivity index (χ1v) is 7.22. The highest BCUT2D eigenvalue weighted by Gasteiger charge is 2.14. The van der Waals surface area contributed by atoms with E-state index in [2.05, 4.69) is 52.9 Å². The number of halogens is 1. The lowest BCUT2D eigenvalue weighted by molar-refractivity contribution is 0.712. The van der Waals surface area contributed by atoms with E-state index in [-0.39, 0.29) is 0 Å². The van der Waals surface area contributed by atoms with Gasteiger partial charge in [0.15, 0.2) is 0 Å². The van der Waals surface area contributed by atoms with Crippen molar-refractivity contribution in [2.75, 3.05) is 7.05 Å². The lowest BCUT2D eigenvalue weighted by atomic mass is 10.1. The van der Waals surface area contributed by atoms with Crippen molar-refractivity contribution >= 4 is 27.0 Å². The maximum atomic E-state index is 4.55. The SMILES string of the molecule is CNCc1nc(Br)c(-c2ccc3nc(C)[nH]c3c2)n1C. The first kappa shape index (κ1) is 13.3. The fourth-order valence-corrected chi connectivity index (χ4v) is 3.12. The first-order valence-electron chi connectivity index (χ1n) is 6.42. The van der Waals surface area contributed by atoms with Gasteiger partial charge in [0, 0.05) is 12.6 Å². The van der Waals surface area contributed by atoms with Crippen molar-refractivity contribution in [1.82, 2.24) is 24.8 Å². The summed E-state index contributed by atoms with van der Waals surface area (Å²) in [6.07, 6.45) is 0. The van der Waals surface area contributed by atoms with Crippen LogP contribution in [0.3, 0.4) is 0 Å². The Morgan fingerprint density at radius 3 is 2.90 bits per heavy atom. The predicted octanol–water partition coefficient (Wildman–Crippen LogP) is 2.75. The largest absolute Gasteiger partial charge is 0.342 e. The summed E-state index contributed by atoms with van der Waals surface area (Å²) >= 11 is 3.56. The second-order valence-electron chi connectivity index (χ2n) is 4.81. The summed E-state index contributed by atoms with van der Waals surface area (Å²) in [4.78, 5) is 12.3. The number of aromatic nitrogens is 4. The van der Waals surface area contributed by atoms with Crippen LogP contribution in [0.5, 0.6) is 0 Å². The van der Waals surface area contributed by atoms with E-state index in [1.807, 2.05) is 27.1 Å². The van der Waals surface area contributed by atoms with E-state index >= 15 is 0 Å². The molecule has 0 aliphatic heterocycles. The molecule has 0 fully saturated rings. The molecule has 6 heteroatoms. The smallest absolute Gasteiger partial charge is 0.132 e. The molecule has 3 aromatic rings. The second-order valence-corrected chi connectivity index (χ2v) is 5.56. The Hall–Kier alpha value is -1.66. The summed E-state index contributed by atoms with van der Waals surface area (Å²) in [7, 11) is 3.95. The van der Waals surface area contributed by atoms with Crippen LogP contribution in [0.1, 0.15) is 11.6 Å². The van der Waals surface area contributed by atoms with Gasteiger partial charge in [-0.2, -0.15) is 0 Å². The minimum atomic E-state index is 0.737. The summed E-state index contributed by atoms with van der Waals surface area (Å²) < 4.78 is 2.96. The molecule has 0 amide bonds. The number of benzene rings is 1. The number of nitrogens with one attached hydrogen (secondary N) is 2. The summed E-state index contributed by atoms with van der Waals surface area (Å²) in [6.45, 7) is 2.70. The quantitative estimate of drug-likeness (QED) is 0.774. The molecule has 0 bridgehead atoms. The number of hydrogen-bond donors (Lipinski definition) is 2. The summed E-state index contributed by atoms with van der Waals surface area (Å²) in [5.74, 6) is 1.92. The van der Waals surface area contributed by atoms with Crippen LogP contribution in [0.2, 0.25) is 0 Å². The zero-order valence-corrected chi connectivity index (χ0v) is 13.2. The van der Waals surface area contributed by atoms with Crippen LogP contribution >= 0.6 is 15.9 Å². The molecule has 0 spiro atoms. The maximum Gasteiger partial charge on any atom is 0.132 e. The predicted molar refractivity (Wildman–Crippen MR) is 83.5 cm³/mol. The van der Waals surface area contributed by atoms with Crippen molar-refractivity contribution < 1.29 is 0 Å². The van der Waals surface area contributed by atoms with E-state index in [1.54, 1.807) is 0 Å². The molecule has 0 atom stereocenters. The zero-order valence-electron chi connectivity index (χ0n) is 11.7. The molecule has 2 heterocycles. The topological polar surface area (TPSA) is 58.5 Å². The van der Waals surface area contributed by atoms with E-state index in [1.165, 1.54) is 0 Å². The number of fused-ring (bicyclic) bond motifs is 1. The van der Waals surface area contributed by atoms with Gasteiger partial charge in [0.1, 0.15) is 16.3 Å². The molecule has 3 rings (SSSR count). The normalized spacial score (nSPS) is 11.4. The van der Waals surface area contributed by atoms with Gasteiger partial charge in [0.2, 0.25) is 0 Å². The third-order valence-corrected chi connectivity index (χ3v) is 3.91. The van der Waals surface area contributed by atoms with Crippen LogP contribution in [0.15, 0.2) is 22.8 Å². The fourth-order valence-electron chi connectivity index (χ4n) is 2.42. The summed E-state index contributed by atoms with van der Waals surface area (Å²) in [6, 6.07) is 6.22. The zero-order chi connectivity index (χ0) is 14.3. The Morgan fingerprint density at radius 1 is 1.35 bits per heavy atom. The second kappa shape index (κ2) is 5.03. The monoisotopic (exact) mass is 333 g/mol. The van der Waals surface area contributed by atoms with Gasteiger partial charge in [-0.25, -0.2) is 9.97 Å². The number of imidazole rings is 2. The first-order chi connectivity index (χ1) is 9.60. The van der Waals surface area contributed by atoms with Crippen molar-refractivity contribution in [3.63, 3.8) is 0 Å². The van der Waals surface area contributed by atoms with Crippen molar-refractivity contribution in [2.24, 2.45) is 7.05 Å². The molecule has 0 radical (unpaired) electrons. The minimum Gasteiger partial charge on any atom is -0.342 e. The van der Waals surface area contributed by atoms with Crippen LogP contribution in [0.4, 0.5) is 0 Å². The maximum absolute atomic E-state index is 4.55. The Morgan fingerprint density at radius 2 is 2.15 bits per heavy atom. The number of aryl methyl sites for hydroxylation is 1. The van der Waals surface area contributed by atoms with E-state index < -0.39 is 0 Å². The van der Waals surface area contributed by atoms with Crippen molar-refractivity contribution in [1.29, 1.82) is 0 Å².